The van der Waals surface area contributed by atoms with Gasteiger partial charge in [0.25, 0.3) is 0 Å². The molecule has 0 saturated carbocycles. The van der Waals surface area contributed by atoms with Gasteiger partial charge >= 0.3 is 57.4 Å². The summed E-state index contributed by atoms with van der Waals surface area (Å²) in [5, 5.41) is 9.93. The van der Waals surface area contributed by atoms with Gasteiger partial charge in [0, 0.05) is 6.42 Å². The minimum atomic E-state index is -0.466. The Balaban J connectivity index is 0. The average molecular weight is 184 g/mol. The molecule has 0 aromatic heterocycles. The Hall–Kier alpha value is 1.07. The van der Waals surface area contributed by atoms with Gasteiger partial charge in [-0.3, -0.25) is 4.79 Å². The van der Waals surface area contributed by atoms with E-state index in [0.717, 1.165) is 0 Å². The molecule has 0 aliphatic carbocycles. The van der Waals surface area contributed by atoms with Gasteiger partial charge in [-0.1, -0.05) is 0 Å². The number of hydrogen-bond donors (Lipinski definition) is 0. The van der Waals surface area contributed by atoms with Crippen LogP contribution in [0.5, 0.6) is 0 Å². The summed E-state index contributed by atoms with van der Waals surface area (Å²) < 4.78 is 4.84. The molecular formula is C7H13KO3. The zero-order chi connectivity index (χ0) is 8.20. The Bertz CT molecular complexity index is 117. The van der Waals surface area contributed by atoms with E-state index < -0.39 is 18.2 Å². The Morgan fingerprint density at radius 3 is 2.18 bits per heavy atom. The third-order valence-electron chi connectivity index (χ3n) is 0.726. The summed E-state index contributed by atoms with van der Waals surface area (Å²) >= 11 is 0. The number of carbonyl (C=O) groups excluding carboxylic acids is 1. The first-order chi connectivity index (χ1) is 4.45. The van der Waals surface area contributed by atoms with E-state index in [1.165, 1.54) is 0 Å². The summed E-state index contributed by atoms with van der Waals surface area (Å²) in [6.07, 6.45) is -0.0305. The van der Waals surface area contributed by atoms with E-state index in [-0.39, 0.29) is 57.8 Å². The molecule has 0 fully saturated rings. The van der Waals surface area contributed by atoms with Crippen molar-refractivity contribution >= 4 is 5.97 Å². The summed E-state index contributed by atoms with van der Waals surface area (Å²) in [4.78, 5) is 10.6. The molecule has 3 nitrogen and oxygen atoms in total. The van der Waals surface area contributed by atoms with E-state index in [4.69, 9.17) is 4.74 Å². The van der Waals surface area contributed by atoms with E-state index in [0.29, 0.717) is 0 Å². The maximum absolute atomic E-state index is 10.6. The minimum absolute atomic E-state index is 0. The maximum Gasteiger partial charge on any atom is 1.00 e. The maximum atomic E-state index is 10.6. The van der Waals surface area contributed by atoms with Gasteiger partial charge in [-0.15, -0.1) is 6.61 Å². The molecule has 11 heavy (non-hydrogen) atoms. The minimum Gasteiger partial charge on any atom is -0.854 e. The van der Waals surface area contributed by atoms with Gasteiger partial charge in [0.2, 0.25) is 0 Å². The van der Waals surface area contributed by atoms with E-state index in [9.17, 15) is 9.90 Å². The predicted molar refractivity (Wildman–Crippen MR) is 35.3 cm³/mol. The number of hydrogen-bond acceptors (Lipinski definition) is 3. The van der Waals surface area contributed by atoms with Gasteiger partial charge in [0.1, 0.15) is 5.60 Å². The normalized spacial score (nSPS) is 10.2. The van der Waals surface area contributed by atoms with Crippen LogP contribution in [-0.4, -0.2) is 18.2 Å². The summed E-state index contributed by atoms with van der Waals surface area (Å²) in [5.74, 6) is -0.414. The van der Waals surface area contributed by atoms with Crippen LogP contribution in [-0.2, 0) is 9.53 Å². The molecule has 0 spiro atoms. The van der Waals surface area contributed by atoms with Crippen molar-refractivity contribution in [2.75, 3.05) is 6.61 Å². The molecule has 0 N–H and O–H groups in total. The monoisotopic (exact) mass is 184 g/mol. The molecule has 0 unspecified atom stereocenters. The second-order valence-electron chi connectivity index (χ2n) is 3.04. The van der Waals surface area contributed by atoms with Crippen LogP contribution in [0.2, 0.25) is 0 Å². The van der Waals surface area contributed by atoms with Crippen molar-refractivity contribution in [3.05, 3.63) is 0 Å². The van der Waals surface area contributed by atoms with Gasteiger partial charge in [-0.25, -0.2) is 0 Å². The fraction of sp³-hybridized carbons (Fsp3) is 0.857. The molecule has 0 aromatic carbocycles. The predicted octanol–water partition coefficient (Wildman–Crippen LogP) is -2.92. The Kier molecular flexibility index (Phi) is 8.71. The number of esters is 1. The summed E-state index contributed by atoms with van der Waals surface area (Å²) in [6.45, 7) is 4.93. The molecular weight excluding hydrogens is 171 g/mol. The van der Waals surface area contributed by atoms with Crippen molar-refractivity contribution in [3.8, 4) is 0 Å². The summed E-state index contributed by atoms with van der Waals surface area (Å²) in [6, 6.07) is 0. The molecule has 0 rings (SSSR count). The molecule has 0 aliphatic heterocycles. The van der Waals surface area contributed by atoms with Crippen LogP contribution < -0.4 is 56.5 Å². The van der Waals surface area contributed by atoms with E-state index in [1.54, 1.807) is 20.8 Å². The number of ether oxygens (including phenoxy) is 1. The molecule has 0 radical (unpaired) electrons. The van der Waals surface area contributed by atoms with Gasteiger partial charge in [0.05, 0.1) is 0 Å². The average Bonchev–Trinajstić information content (AvgIpc) is 1.59. The molecule has 0 aromatic rings. The molecule has 0 aliphatic rings. The van der Waals surface area contributed by atoms with Gasteiger partial charge < -0.3 is 9.84 Å². The van der Waals surface area contributed by atoms with E-state index >= 15 is 0 Å². The first-order valence-electron chi connectivity index (χ1n) is 3.25. The van der Waals surface area contributed by atoms with Gasteiger partial charge in [-0.2, -0.15) is 0 Å². The first-order valence-corrected chi connectivity index (χ1v) is 3.25. The van der Waals surface area contributed by atoms with Crippen molar-refractivity contribution in [2.24, 2.45) is 0 Å². The molecule has 0 atom stereocenters. The smallest absolute Gasteiger partial charge is 0.854 e. The molecule has 0 amide bonds. The third kappa shape index (κ3) is 11.1. The van der Waals surface area contributed by atoms with Crippen molar-refractivity contribution in [3.63, 3.8) is 0 Å². The van der Waals surface area contributed by atoms with Crippen molar-refractivity contribution in [2.45, 2.75) is 32.8 Å². The Morgan fingerprint density at radius 2 is 1.91 bits per heavy atom. The molecule has 60 valence electrons. The van der Waals surface area contributed by atoms with Crippen LogP contribution in [0.15, 0.2) is 0 Å². The van der Waals surface area contributed by atoms with Crippen LogP contribution in [0.25, 0.3) is 0 Å². The first kappa shape index (κ1) is 14.6. The van der Waals surface area contributed by atoms with Crippen LogP contribution in [0.4, 0.5) is 0 Å². The molecule has 4 heteroatoms. The van der Waals surface area contributed by atoms with Gasteiger partial charge in [-0.05, 0) is 20.8 Å². The molecule has 0 bridgehead atoms. The number of rotatable bonds is 2. The second-order valence-corrected chi connectivity index (χ2v) is 3.04. The van der Waals surface area contributed by atoms with Crippen LogP contribution in [0.1, 0.15) is 27.2 Å². The topological polar surface area (TPSA) is 49.4 Å². The summed E-state index contributed by atoms with van der Waals surface area (Å²) in [7, 11) is 0. The quantitative estimate of drug-likeness (QED) is 0.341. The summed E-state index contributed by atoms with van der Waals surface area (Å²) in [5.41, 5.74) is -0.466. The largest absolute Gasteiger partial charge is 1.00 e. The fourth-order valence-corrected chi connectivity index (χ4v) is 0.476. The second kappa shape index (κ2) is 6.57. The van der Waals surface area contributed by atoms with Gasteiger partial charge in [0.15, 0.2) is 0 Å². The Morgan fingerprint density at radius 1 is 1.45 bits per heavy atom. The fourth-order valence-electron chi connectivity index (χ4n) is 0.476. The molecule has 0 saturated heterocycles. The van der Waals surface area contributed by atoms with Crippen molar-refractivity contribution < 1.29 is 66.0 Å². The van der Waals surface area contributed by atoms with Crippen molar-refractivity contribution in [1.82, 2.24) is 0 Å². The Labute approximate surface area is 110 Å². The van der Waals surface area contributed by atoms with Crippen LogP contribution in [0.3, 0.4) is 0 Å². The SMILES string of the molecule is CC(C)(C)OC(=O)CC[O-].[K+]. The van der Waals surface area contributed by atoms with Crippen LogP contribution in [0, 0.1) is 0 Å². The van der Waals surface area contributed by atoms with E-state index in [1.807, 2.05) is 0 Å². The third-order valence-corrected chi connectivity index (χ3v) is 0.726. The van der Waals surface area contributed by atoms with Crippen LogP contribution >= 0.6 is 0 Å². The van der Waals surface area contributed by atoms with Crippen molar-refractivity contribution in [1.29, 1.82) is 0 Å². The zero-order valence-corrected chi connectivity index (χ0v) is 10.8. The number of carbonyl (C=O) groups is 1. The zero-order valence-electron chi connectivity index (χ0n) is 7.64. The standard InChI is InChI=1S/C7H13O3.K/c1-7(2,3)10-6(9)4-5-8;/h4-5H2,1-3H3;/q-1;+1. The molecule has 0 heterocycles. The van der Waals surface area contributed by atoms with E-state index in [2.05, 4.69) is 0 Å².